The Morgan fingerprint density at radius 2 is 1.78 bits per heavy atom. The normalized spacial score (nSPS) is 40.7. The smallest absolute Gasteiger partial charge is 0.113 e. The minimum absolute atomic E-state index is 0.0349. The van der Waals surface area contributed by atoms with E-state index in [1.807, 2.05) is 6.92 Å². The lowest BCUT2D eigenvalue weighted by atomic mass is 9.58. The fraction of sp³-hybridized carbons (Fsp3) is 0.700. The van der Waals surface area contributed by atoms with Crippen molar-refractivity contribution >= 4 is 0 Å². The van der Waals surface area contributed by atoms with Crippen molar-refractivity contribution in [3.8, 4) is 0 Å². The molecule has 3 aliphatic rings. The minimum atomic E-state index is -0.499. The maximum absolute atomic E-state index is 10.4. The van der Waals surface area contributed by atoms with Gasteiger partial charge < -0.3 is 14.6 Å². The molecular weight excluding hydrogens is 288 g/mol. The number of benzene rings is 1. The maximum atomic E-state index is 10.4. The van der Waals surface area contributed by atoms with Crippen molar-refractivity contribution in [2.24, 2.45) is 5.41 Å². The molecule has 0 aromatic heterocycles. The van der Waals surface area contributed by atoms with E-state index in [0.717, 1.165) is 25.9 Å². The molecule has 2 saturated heterocycles. The molecule has 5 atom stereocenters. The molecule has 1 aliphatic carbocycles. The van der Waals surface area contributed by atoms with E-state index in [1.54, 1.807) is 0 Å². The monoisotopic (exact) mass is 316 g/mol. The van der Waals surface area contributed by atoms with Crippen LogP contribution >= 0.6 is 0 Å². The van der Waals surface area contributed by atoms with Gasteiger partial charge in [-0.1, -0.05) is 42.2 Å². The summed E-state index contributed by atoms with van der Waals surface area (Å²) >= 11 is 0. The van der Waals surface area contributed by atoms with Crippen molar-refractivity contribution in [3.05, 3.63) is 34.9 Å². The van der Waals surface area contributed by atoms with Crippen LogP contribution < -0.4 is 0 Å². The molecule has 0 spiro atoms. The molecule has 1 aromatic carbocycles. The van der Waals surface area contributed by atoms with Crippen molar-refractivity contribution < 1.29 is 14.6 Å². The van der Waals surface area contributed by atoms with Crippen LogP contribution in [0.1, 0.15) is 61.8 Å². The number of aliphatic hydroxyl groups is 1. The molecule has 3 nitrogen and oxygen atoms in total. The van der Waals surface area contributed by atoms with Gasteiger partial charge in [0.2, 0.25) is 0 Å². The summed E-state index contributed by atoms with van der Waals surface area (Å²) in [5.74, 6) is 0. The number of aliphatic hydroxyl groups excluding tert-OH is 1. The molecule has 126 valence electrons. The molecule has 3 fully saturated rings. The van der Waals surface area contributed by atoms with E-state index in [2.05, 4.69) is 32.0 Å². The zero-order chi connectivity index (χ0) is 16.2. The molecule has 0 bridgehead atoms. The van der Waals surface area contributed by atoms with E-state index in [0.29, 0.717) is 0 Å². The summed E-state index contributed by atoms with van der Waals surface area (Å²) in [4.78, 5) is 0. The molecule has 3 heteroatoms. The zero-order valence-corrected chi connectivity index (χ0v) is 14.5. The van der Waals surface area contributed by atoms with Gasteiger partial charge in [-0.15, -0.1) is 0 Å². The molecule has 0 radical (unpaired) electrons. The highest BCUT2D eigenvalue weighted by Gasteiger charge is 2.71. The highest BCUT2D eigenvalue weighted by atomic mass is 16.6. The average Bonchev–Trinajstić information content (AvgIpc) is 2.99. The maximum Gasteiger partial charge on any atom is 0.113 e. The van der Waals surface area contributed by atoms with Crippen LogP contribution in [0.15, 0.2) is 18.2 Å². The van der Waals surface area contributed by atoms with Gasteiger partial charge in [-0.05, 0) is 45.6 Å². The number of hydrogen-bond acceptors (Lipinski definition) is 3. The van der Waals surface area contributed by atoms with Crippen molar-refractivity contribution in [1.82, 2.24) is 0 Å². The largest absolute Gasteiger partial charge is 0.391 e. The fourth-order valence-corrected chi connectivity index (χ4v) is 5.70. The summed E-state index contributed by atoms with van der Waals surface area (Å²) in [5, 5.41) is 10.4. The van der Waals surface area contributed by atoms with Gasteiger partial charge in [-0.2, -0.15) is 0 Å². The highest BCUT2D eigenvalue weighted by Crippen LogP contribution is 2.67. The van der Waals surface area contributed by atoms with Gasteiger partial charge in [0, 0.05) is 12.0 Å². The third kappa shape index (κ3) is 2.06. The van der Waals surface area contributed by atoms with Gasteiger partial charge in [-0.25, -0.2) is 0 Å². The Morgan fingerprint density at radius 1 is 1.09 bits per heavy atom. The van der Waals surface area contributed by atoms with Gasteiger partial charge in [0.05, 0.1) is 12.2 Å². The molecule has 1 N–H and O–H groups in total. The molecule has 1 saturated carbocycles. The van der Waals surface area contributed by atoms with Crippen LogP contribution in [0.5, 0.6) is 0 Å². The highest BCUT2D eigenvalue weighted by molar-refractivity contribution is 5.34. The van der Waals surface area contributed by atoms with Crippen LogP contribution in [-0.4, -0.2) is 29.5 Å². The van der Waals surface area contributed by atoms with Crippen molar-refractivity contribution in [3.63, 3.8) is 0 Å². The van der Waals surface area contributed by atoms with Gasteiger partial charge >= 0.3 is 0 Å². The summed E-state index contributed by atoms with van der Waals surface area (Å²) < 4.78 is 12.9. The van der Waals surface area contributed by atoms with E-state index < -0.39 is 6.10 Å². The predicted octanol–water partition coefficient (Wildman–Crippen LogP) is 3.84. The Morgan fingerprint density at radius 3 is 2.48 bits per heavy atom. The predicted molar refractivity (Wildman–Crippen MR) is 89.4 cm³/mol. The van der Waals surface area contributed by atoms with E-state index >= 15 is 0 Å². The minimum Gasteiger partial charge on any atom is -0.391 e. The lowest BCUT2D eigenvalue weighted by Crippen LogP contribution is -2.54. The summed E-state index contributed by atoms with van der Waals surface area (Å²) in [6.07, 6.45) is 4.96. The van der Waals surface area contributed by atoms with Crippen molar-refractivity contribution in [2.45, 2.75) is 76.8 Å². The van der Waals surface area contributed by atoms with Crippen LogP contribution in [0.4, 0.5) is 0 Å². The molecule has 2 aliphatic heterocycles. The van der Waals surface area contributed by atoms with Gasteiger partial charge in [0.15, 0.2) is 0 Å². The lowest BCUT2D eigenvalue weighted by Gasteiger charge is -2.46. The Bertz CT molecular complexity index is 591. The van der Waals surface area contributed by atoms with Gasteiger partial charge in [-0.3, -0.25) is 0 Å². The average molecular weight is 316 g/mol. The van der Waals surface area contributed by atoms with E-state index in [4.69, 9.17) is 9.47 Å². The molecular formula is C20H28O3. The third-order valence-corrected chi connectivity index (χ3v) is 6.40. The Labute approximate surface area is 139 Å². The first-order chi connectivity index (χ1) is 11.0. The summed E-state index contributed by atoms with van der Waals surface area (Å²) in [6, 6.07) is 6.73. The molecule has 1 unspecified atom stereocenters. The first kappa shape index (κ1) is 15.6. The molecule has 1 aromatic rings. The summed E-state index contributed by atoms with van der Waals surface area (Å²) in [7, 11) is 0. The third-order valence-electron chi connectivity index (χ3n) is 6.40. The first-order valence-electron chi connectivity index (χ1n) is 9.04. The standard InChI is InChI=1S/C20H28O3/c1-13-10-14(2)12-16(11-13)18-19-6-4-5-7-20(19,22-9-8-19)17(23-18)15(3)21/h10-12,15,17-18,21H,4-9H2,1-3H3/t15?,17-,18+,19-,20+/m0/s1. The number of hydrogen-bond donors (Lipinski definition) is 1. The van der Waals surface area contributed by atoms with Crippen molar-refractivity contribution in [1.29, 1.82) is 0 Å². The second-order valence-electron chi connectivity index (χ2n) is 7.95. The Kier molecular flexibility index (Phi) is 3.60. The quantitative estimate of drug-likeness (QED) is 0.901. The summed E-state index contributed by atoms with van der Waals surface area (Å²) in [6.45, 7) is 6.95. The topological polar surface area (TPSA) is 38.7 Å². The molecule has 0 amide bonds. The molecule has 23 heavy (non-hydrogen) atoms. The van der Waals surface area contributed by atoms with Gasteiger partial charge in [0.25, 0.3) is 0 Å². The Hall–Kier alpha value is -0.900. The first-order valence-corrected chi connectivity index (χ1v) is 9.04. The van der Waals surface area contributed by atoms with E-state index in [1.165, 1.54) is 29.5 Å². The fourth-order valence-electron chi connectivity index (χ4n) is 5.70. The zero-order valence-electron chi connectivity index (χ0n) is 14.5. The lowest BCUT2D eigenvalue weighted by molar-refractivity contribution is -0.135. The second kappa shape index (κ2) is 5.30. The Balaban J connectivity index is 1.84. The number of ether oxygens (including phenoxy) is 2. The van der Waals surface area contributed by atoms with Crippen LogP contribution in [0.25, 0.3) is 0 Å². The number of aryl methyl sites for hydroxylation is 2. The van der Waals surface area contributed by atoms with Crippen LogP contribution in [0, 0.1) is 19.3 Å². The van der Waals surface area contributed by atoms with Crippen LogP contribution in [-0.2, 0) is 9.47 Å². The van der Waals surface area contributed by atoms with E-state index in [-0.39, 0.29) is 23.2 Å². The van der Waals surface area contributed by atoms with Crippen LogP contribution in [0.2, 0.25) is 0 Å². The van der Waals surface area contributed by atoms with E-state index in [9.17, 15) is 5.11 Å². The molecule has 4 rings (SSSR count). The SMILES string of the molecule is Cc1cc(C)cc([C@H]2O[C@@H](C(C)O)[C@]34CCCC[C@]23CCO4)c1. The van der Waals surface area contributed by atoms with Crippen molar-refractivity contribution in [2.75, 3.05) is 6.61 Å². The second-order valence-corrected chi connectivity index (χ2v) is 7.95. The molecule has 2 heterocycles. The number of rotatable bonds is 2. The van der Waals surface area contributed by atoms with Gasteiger partial charge in [0.1, 0.15) is 11.7 Å². The summed E-state index contributed by atoms with van der Waals surface area (Å²) in [5.41, 5.74) is 3.57. The van der Waals surface area contributed by atoms with Crippen LogP contribution in [0.3, 0.4) is 0 Å².